The average molecular weight is 494 g/mol. The molecular formula is C22H22F3N5O3S. The summed E-state index contributed by atoms with van der Waals surface area (Å²) >= 11 is 1.59. The number of nitro benzene ring substituents is 1. The third-order valence-corrected chi connectivity index (χ3v) is 6.33. The van der Waals surface area contributed by atoms with Gasteiger partial charge in [0.15, 0.2) is 0 Å². The molecule has 0 radical (unpaired) electrons. The average Bonchev–Trinajstić information content (AvgIpc) is 2.83. The number of hydrogen-bond donors (Lipinski definition) is 1. The number of nitrogens with zero attached hydrogens (tertiary/aromatic N) is 4. The number of hydrogen-bond acceptors (Lipinski definition) is 6. The van der Waals surface area contributed by atoms with Crippen LogP contribution in [0.5, 0.6) is 0 Å². The highest BCUT2D eigenvalue weighted by molar-refractivity contribution is 7.98. The van der Waals surface area contributed by atoms with Crippen LogP contribution in [0.3, 0.4) is 0 Å². The standard InChI is InChI=1S/C22H22F3N5O3S/c23-22(24,25)18-5-6-19(20(13-18)30(32)33)28-8-10-29(11-9-28)21(31)27-7-12-34-15-17-4-2-1-3-16(17)14-26/h1-6,13H,7-12,15H2,(H,27,31). The predicted molar refractivity (Wildman–Crippen MR) is 123 cm³/mol. The lowest BCUT2D eigenvalue weighted by molar-refractivity contribution is -0.384. The quantitative estimate of drug-likeness (QED) is 0.352. The van der Waals surface area contributed by atoms with Crippen molar-refractivity contribution in [3.05, 3.63) is 69.3 Å². The van der Waals surface area contributed by atoms with Crippen molar-refractivity contribution in [1.82, 2.24) is 10.2 Å². The van der Waals surface area contributed by atoms with Crippen LogP contribution in [0.25, 0.3) is 0 Å². The van der Waals surface area contributed by atoms with Crippen molar-refractivity contribution in [2.24, 2.45) is 0 Å². The first kappa shape index (κ1) is 25.2. The van der Waals surface area contributed by atoms with Gasteiger partial charge in [-0.3, -0.25) is 10.1 Å². The summed E-state index contributed by atoms with van der Waals surface area (Å²) < 4.78 is 38.7. The molecule has 34 heavy (non-hydrogen) atoms. The highest BCUT2D eigenvalue weighted by Gasteiger charge is 2.34. The monoisotopic (exact) mass is 493 g/mol. The predicted octanol–water partition coefficient (Wildman–Crippen LogP) is 4.25. The molecule has 180 valence electrons. The van der Waals surface area contributed by atoms with Crippen molar-refractivity contribution in [1.29, 1.82) is 5.26 Å². The second-order valence-corrected chi connectivity index (χ2v) is 8.59. The van der Waals surface area contributed by atoms with E-state index < -0.39 is 22.4 Å². The molecule has 1 saturated heterocycles. The van der Waals surface area contributed by atoms with E-state index in [2.05, 4.69) is 11.4 Å². The molecule has 1 aliphatic heterocycles. The number of urea groups is 1. The van der Waals surface area contributed by atoms with E-state index in [-0.39, 0.29) is 37.9 Å². The van der Waals surface area contributed by atoms with E-state index in [1.54, 1.807) is 27.6 Å². The van der Waals surface area contributed by atoms with Crippen molar-refractivity contribution in [3.63, 3.8) is 0 Å². The van der Waals surface area contributed by atoms with Crippen LogP contribution < -0.4 is 10.2 Å². The normalized spacial score (nSPS) is 13.9. The van der Waals surface area contributed by atoms with Gasteiger partial charge in [-0.25, -0.2) is 4.79 Å². The topological polar surface area (TPSA) is 103 Å². The third kappa shape index (κ3) is 6.32. The summed E-state index contributed by atoms with van der Waals surface area (Å²) in [6, 6.07) is 11.7. The van der Waals surface area contributed by atoms with E-state index in [1.165, 1.54) is 0 Å². The molecule has 2 aromatic carbocycles. The highest BCUT2D eigenvalue weighted by atomic mass is 32.2. The van der Waals surface area contributed by atoms with Gasteiger partial charge >= 0.3 is 12.2 Å². The van der Waals surface area contributed by atoms with Crippen LogP contribution in [0.15, 0.2) is 42.5 Å². The molecule has 2 amide bonds. The van der Waals surface area contributed by atoms with Gasteiger partial charge in [0, 0.05) is 50.3 Å². The summed E-state index contributed by atoms with van der Waals surface area (Å²) in [6.45, 7) is 1.53. The van der Waals surface area contributed by atoms with E-state index in [9.17, 15) is 28.1 Å². The molecule has 3 rings (SSSR count). The zero-order valence-corrected chi connectivity index (χ0v) is 18.9. The van der Waals surface area contributed by atoms with Crippen LogP contribution >= 0.6 is 11.8 Å². The fraction of sp³-hybridized carbons (Fsp3) is 0.364. The first-order valence-corrected chi connectivity index (χ1v) is 11.6. The first-order chi connectivity index (χ1) is 16.2. The van der Waals surface area contributed by atoms with Gasteiger partial charge < -0.3 is 15.1 Å². The summed E-state index contributed by atoms with van der Waals surface area (Å²) in [4.78, 5) is 26.1. The molecule has 0 aromatic heterocycles. The number of benzene rings is 2. The Morgan fingerprint density at radius 2 is 1.88 bits per heavy atom. The van der Waals surface area contributed by atoms with Crippen LogP contribution in [0.1, 0.15) is 16.7 Å². The maximum absolute atomic E-state index is 12.9. The summed E-state index contributed by atoms with van der Waals surface area (Å²) in [5, 5.41) is 23.3. The Balaban J connectivity index is 1.47. The number of halogens is 3. The van der Waals surface area contributed by atoms with Crippen LogP contribution in [-0.4, -0.2) is 54.3 Å². The van der Waals surface area contributed by atoms with Crippen molar-refractivity contribution in [2.45, 2.75) is 11.9 Å². The maximum atomic E-state index is 12.9. The zero-order chi connectivity index (χ0) is 24.7. The molecule has 1 fully saturated rings. The summed E-state index contributed by atoms with van der Waals surface area (Å²) in [5.41, 5.74) is -0.00947. The minimum atomic E-state index is -4.67. The molecule has 12 heteroatoms. The van der Waals surface area contributed by atoms with E-state index in [0.717, 1.165) is 17.7 Å². The van der Waals surface area contributed by atoms with Gasteiger partial charge in [-0.15, -0.1) is 0 Å². The van der Waals surface area contributed by atoms with Crippen molar-refractivity contribution < 1.29 is 22.9 Å². The number of piperazine rings is 1. The third-order valence-electron chi connectivity index (χ3n) is 5.33. The molecule has 0 aliphatic carbocycles. The Morgan fingerprint density at radius 3 is 2.53 bits per heavy atom. The molecule has 0 unspecified atom stereocenters. The van der Waals surface area contributed by atoms with Gasteiger partial charge in [-0.2, -0.15) is 30.2 Å². The Labute approximate surface area is 198 Å². The molecule has 0 saturated carbocycles. The first-order valence-electron chi connectivity index (χ1n) is 10.4. The Bertz CT molecular complexity index is 1080. The van der Waals surface area contributed by atoms with E-state index in [4.69, 9.17) is 5.26 Å². The second kappa shape index (κ2) is 11.1. The van der Waals surface area contributed by atoms with Crippen molar-refractivity contribution in [3.8, 4) is 6.07 Å². The van der Waals surface area contributed by atoms with Crippen LogP contribution in [0, 0.1) is 21.4 Å². The van der Waals surface area contributed by atoms with Crippen LogP contribution in [-0.2, 0) is 11.9 Å². The van der Waals surface area contributed by atoms with E-state index >= 15 is 0 Å². The number of thioether (sulfide) groups is 1. The highest BCUT2D eigenvalue weighted by Crippen LogP contribution is 2.36. The van der Waals surface area contributed by atoms with Gasteiger partial charge in [0.25, 0.3) is 5.69 Å². The Kier molecular flexibility index (Phi) is 8.22. The van der Waals surface area contributed by atoms with E-state index in [1.807, 2.05) is 18.2 Å². The van der Waals surface area contributed by atoms with Gasteiger partial charge in [-0.1, -0.05) is 18.2 Å². The van der Waals surface area contributed by atoms with Crippen molar-refractivity contribution in [2.75, 3.05) is 43.4 Å². The van der Waals surface area contributed by atoms with Crippen molar-refractivity contribution >= 4 is 29.2 Å². The number of nitriles is 1. The van der Waals surface area contributed by atoms with Gasteiger partial charge in [-0.05, 0) is 23.8 Å². The maximum Gasteiger partial charge on any atom is 0.416 e. The largest absolute Gasteiger partial charge is 0.416 e. The SMILES string of the molecule is N#Cc1ccccc1CSCCNC(=O)N1CCN(c2ccc(C(F)(F)F)cc2[N+](=O)[O-])CC1. The Hall–Kier alpha value is -3.46. The number of nitro groups is 1. The van der Waals surface area contributed by atoms with Gasteiger partial charge in [0.2, 0.25) is 0 Å². The minimum absolute atomic E-state index is 0.104. The molecule has 1 N–H and O–H groups in total. The number of nitrogens with one attached hydrogen (secondary N) is 1. The summed E-state index contributed by atoms with van der Waals surface area (Å²) in [6.07, 6.45) is -4.67. The molecule has 0 bridgehead atoms. The number of rotatable bonds is 7. The molecule has 1 heterocycles. The molecule has 8 nitrogen and oxygen atoms in total. The number of anilines is 1. The van der Waals surface area contributed by atoms with Gasteiger partial charge in [0.05, 0.1) is 22.1 Å². The van der Waals surface area contributed by atoms with Gasteiger partial charge in [0.1, 0.15) is 5.69 Å². The lowest BCUT2D eigenvalue weighted by atomic mass is 10.1. The lowest BCUT2D eigenvalue weighted by Crippen LogP contribution is -2.52. The second-order valence-electron chi connectivity index (χ2n) is 7.49. The van der Waals surface area contributed by atoms with E-state index in [0.29, 0.717) is 29.7 Å². The summed E-state index contributed by atoms with van der Waals surface area (Å²) in [5.74, 6) is 1.31. The smallest absolute Gasteiger partial charge is 0.362 e. The lowest BCUT2D eigenvalue weighted by Gasteiger charge is -2.35. The molecule has 0 atom stereocenters. The fourth-order valence-corrected chi connectivity index (χ4v) is 4.41. The minimum Gasteiger partial charge on any atom is -0.362 e. The van der Waals surface area contributed by atoms with Crippen LogP contribution in [0.2, 0.25) is 0 Å². The number of carbonyl (C=O) groups excluding carboxylic acids is 1. The molecule has 0 spiro atoms. The molecular weight excluding hydrogens is 471 g/mol. The molecule has 1 aliphatic rings. The number of alkyl halides is 3. The fourth-order valence-electron chi connectivity index (χ4n) is 3.54. The summed E-state index contributed by atoms with van der Waals surface area (Å²) in [7, 11) is 0. The van der Waals surface area contributed by atoms with Crippen LogP contribution in [0.4, 0.5) is 29.3 Å². The molecule has 2 aromatic rings. The number of carbonyl (C=O) groups is 1. The Morgan fingerprint density at radius 1 is 1.18 bits per heavy atom. The zero-order valence-electron chi connectivity index (χ0n) is 18.0. The number of amides is 2.